The Morgan fingerprint density at radius 1 is 0.875 bits per heavy atom. The summed E-state index contributed by atoms with van der Waals surface area (Å²) in [5.74, 6) is 1.16. The third-order valence-electron chi connectivity index (χ3n) is 5.21. The van der Waals surface area contributed by atoms with Crippen LogP contribution in [0, 0.1) is 13.8 Å². The maximum absolute atomic E-state index is 13.4. The van der Waals surface area contributed by atoms with Crippen molar-refractivity contribution in [3.8, 4) is 0 Å². The molecular weight excluding hydrogens is 416 g/mol. The van der Waals surface area contributed by atoms with Crippen LogP contribution in [-0.4, -0.2) is 26.4 Å². The van der Waals surface area contributed by atoms with Crippen molar-refractivity contribution >= 4 is 23.4 Å². The summed E-state index contributed by atoms with van der Waals surface area (Å²) < 4.78 is 2.06. The van der Waals surface area contributed by atoms with E-state index in [0.29, 0.717) is 13.1 Å². The summed E-state index contributed by atoms with van der Waals surface area (Å²) in [7, 11) is 0. The molecule has 3 aromatic carbocycles. The fourth-order valence-corrected chi connectivity index (χ4v) is 4.37. The molecule has 6 heteroatoms. The first-order valence-corrected chi connectivity index (χ1v) is 11.6. The van der Waals surface area contributed by atoms with Crippen molar-refractivity contribution in [2.75, 3.05) is 10.7 Å². The van der Waals surface area contributed by atoms with Crippen LogP contribution >= 0.6 is 11.8 Å². The first kappa shape index (κ1) is 21.8. The normalized spacial score (nSPS) is 10.8. The van der Waals surface area contributed by atoms with Gasteiger partial charge in [0.15, 0.2) is 5.16 Å². The number of nitrogens with zero attached hydrogens (tertiary/aromatic N) is 4. The van der Waals surface area contributed by atoms with Gasteiger partial charge in [-0.2, -0.15) is 0 Å². The Bertz CT molecular complexity index is 1170. The van der Waals surface area contributed by atoms with E-state index in [2.05, 4.69) is 26.9 Å². The highest BCUT2D eigenvalue weighted by Gasteiger charge is 2.19. The topological polar surface area (TPSA) is 51.0 Å². The zero-order valence-electron chi connectivity index (χ0n) is 18.3. The Morgan fingerprint density at radius 3 is 2.25 bits per heavy atom. The largest absolute Gasteiger partial charge is 0.307 e. The maximum atomic E-state index is 13.4. The fraction of sp³-hybridized carbons (Fsp3) is 0.192. The molecule has 0 saturated heterocycles. The number of rotatable bonds is 8. The molecule has 0 N–H and O–H groups in total. The lowest BCUT2D eigenvalue weighted by atomic mass is 10.1. The Hall–Kier alpha value is -3.38. The number of carbonyl (C=O) groups is 1. The molecule has 0 aliphatic heterocycles. The second-order valence-corrected chi connectivity index (χ2v) is 8.64. The highest BCUT2D eigenvalue weighted by Crippen LogP contribution is 2.23. The fourth-order valence-electron chi connectivity index (χ4n) is 3.51. The van der Waals surface area contributed by atoms with Gasteiger partial charge >= 0.3 is 0 Å². The summed E-state index contributed by atoms with van der Waals surface area (Å²) in [5, 5.41) is 9.31. The van der Waals surface area contributed by atoms with Gasteiger partial charge in [-0.1, -0.05) is 84.6 Å². The molecule has 0 unspecified atom stereocenters. The second-order valence-electron chi connectivity index (χ2n) is 7.69. The van der Waals surface area contributed by atoms with Gasteiger partial charge in [0.1, 0.15) is 5.82 Å². The van der Waals surface area contributed by atoms with E-state index in [1.807, 2.05) is 91.5 Å². The number of anilines is 1. The van der Waals surface area contributed by atoms with E-state index in [9.17, 15) is 4.79 Å². The van der Waals surface area contributed by atoms with Crippen LogP contribution in [0.15, 0.2) is 90.1 Å². The van der Waals surface area contributed by atoms with Crippen LogP contribution in [0.5, 0.6) is 0 Å². The maximum Gasteiger partial charge on any atom is 0.237 e. The SMILES string of the molecule is Cc1cccc(N(Cc2ccccc2)C(=O)CSc2nnc(C)n2Cc2ccccc2)c1. The molecule has 5 nitrogen and oxygen atoms in total. The van der Waals surface area contributed by atoms with Gasteiger partial charge in [0, 0.05) is 5.69 Å². The van der Waals surface area contributed by atoms with Gasteiger partial charge in [0.05, 0.1) is 18.8 Å². The molecule has 0 fully saturated rings. The molecule has 0 aliphatic carbocycles. The van der Waals surface area contributed by atoms with E-state index in [4.69, 9.17) is 0 Å². The number of hydrogen-bond acceptors (Lipinski definition) is 4. The molecule has 4 aromatic rings. The smallest absolute Gasteiger partial charge is 0.237 e. The predicted octanol–water partition coefficient (Wildman–Crippen LogP) is 5.27. The summed E-state index contributed by atoms with van der Waals surface area (Å²) in [6.45, 7) is 5.19. The lowest BCUT2D eigenvalue weighted by Crippen LogP contribution is -2.32. The zero-order valence-corrected chi connectivity index (χ0v) is 19.1. The minimum Gasteiger partial charge on any atom is -0.307 e. The zero-order chi connectivity index (χ0) is 22.3. The van der Waals surface area contributed by atoms with Crippen molar-refractivity contribution in [1.82, 2.24) is 14.8 Å². The molecule has 0 aliphatic rings. The number of carbonyl (C=O) groups excluding carboxylic acids is 1. The quantitative estimate of drug-likeness (QED) is 0.349. The van der Waals surface area contributed by atoms with E-state index >= 15 is 0 Å². The van der Waals surface area contributed by atoms with Crippen molar-refractivity contribution < 1.29 is 4.79 Å². The minimum absolute atomic E-state index is 0.0383. The van der Waals surface area contributed by atoms with E-state index in [1.165, 1.54) is 17.3 Å². The lowest BCUT2D eigenvalue weighted by molar-refractivity contribution is -0.116. The number of hydrogen-bond donors (Lipinski definition) is 0. The van der Waals surface area contributed by atoms with Crippen LogP contribution < -0.4 is 4.90 Å². The number of aryl methyl sites for hydroxylation is 2. The molecule has 162 valence electrons. The average Bonchev–Trinajstić information content (AvgIpc) is 3.16. The van der Waals surface area contributed by atoms with Crippen LogP contribution in [0.1, 0.15) is 22.5 Å². The van der Waals surface area contributed by atoms with Crippen molar-refractivity contribution in [1.29, 1.82) is 0 Å². The van der Waals surface area contributed by atoms with Crippen LogP contribution in [0.3, 0.4) is 0 Å². The van der Waals surface area contributed by atoms with Crippen molar-refractivity contribution in [3.05, 3.63) is 107 Å². The van der Waals surface area contributed by atoms with Crippen molar-refractivity contribution in [2.24, 2.45) is 0 Å². The van der Waals surface area contributed by atoms with Gasteiger partial charge in [-0.15, -0.1) is 10.2 Å². The molecule has 0 radical (unpaired) electrons. The van der Waals surface area contributed by atoms with E-state index in [-0.39, 0.29) is 11.7 Å². The third kappa shape index (κ3) is 5.45. The molecule has 1 heterocycles. The van der Waals surface area contributed by atoms with Gasteiger partial charge in [0.25, 0.3) is 0 Å². The summed E-state index contributed by atoms with van der Waals surface area (Å²) in [4.78, 5) is 15.2. The van der Waals surface area contributed by atoms with Gasteiger partial charge in [-0.25, -0.2) is 0 Å². The molecule has 0 spiro atoms. The average molecular weight is 443 g/mol. The number of benzene rings is 3. The molecule has 0 saturated carbocycles. The molecule has 0 bridgehead atoms. The van der Waals surface area contributed by atoms with E-state index < -0.39 is 0 Å². The van der Waals surface area contributed by atoms with E-state index in [0.717, 1.165) is 27.8 Å². The number of amides is 1. The lowest BCUT2D eigenvalue weighted by Gasteiger charge is -2.23. The first-order valence-electron chi connectivity index (χ1n) is 10.6. The summed E-state index contributed by atoms with van der Waals surface area (Å²) in [6, 6.07) is 28.3. The number of aromatic nitrogens is 3. The summed E-state index contributed by atoms with van der Waals surface area (Å²) >= 11 is 1.43. The Kier molecular flexibility index (Phi) is 7.02. The highest BCUT2D eigenvalue weighted by molar-refractivity contribution is 7.99. The van der Waals surface area contributed by atoms with Crippen LogP contribution in [0.25, 0.3) is 0 Å². The van der Waals surface area contributed by atoms with Gasteiger partial charge < -0.3 is 9.47 Å². The van der Waals surface area contributed by atoms with Crippen LogP contribution in [0.4, 0.5) is 5.69 Å². The molecule has 1 aromatic heterocycles. The summed E-state index contributed by atoms with van der Waals surface area (Å²) in [5.41, 5.74) is 4.30. The van der Waals surface area contributed by atoms with Gasteiger partial charge in [-0.05, 0) is 42.7 Å². The Balaban J connectivity index is 1.52. The van der Waals surface area contributed by atoms with Crippen LogP contribution in [-0.2, 0) is 17.9 Å². The molecule has 4 rings (SSSR count). The van der Waals surface area contributed by atoms with Gasteiger partial charge in [-0.3, -0.25) is 4.79 Å². The van der Waals surface area contributed by atoms with Crippen molar-refractivity contribution in [3.63, 3.8) is 0 Å². The standard InChI is InChI=1S/C26H26N4OS/c1-20-10-9-15-24(16-20)30(18-23-13-7-4-8-14-23)25(31)19-32-26-28-27-21(2)29(26)17-22-11-5-3-6-12-22/h3-16H,17-19H2,1-2H3. The first-order chi connectivity index (χ1) is 15.6. The number of thioether (sulfide) groups is 1. The Labute approximate surface area is 193 Å². The molecular formula is C26H26N4OS. The summed E-state index contributed by atoms with van der Waals surface area (Å²) in [6.07, 6.45) is 0. The molecule has 0 atom stereocenters. The van der Waals surface area contributed by atoms with E-state index in [1.54, 1.807) is 0 Å². The predicted molar refractivity (Wildman–Crippen MR) is 130 cm³/mol. The monoisotopic (exact) mass is 442 g/mol. The third-order valence-corrected chi connectivity index (χ3v) is 6.16. The van der Waals surface area contributed by atoms with Crippen LogP contribution in [0.2, 0.25) is 0 Å². The van der Waals surface area contributed by atoms with Crippen molar-refractivity contribution in [2.45, 2.75) is 32.1 Å². The molecule has 32 heavy (non-hydrogen) atoms. The van der Waals surface area contributed by atoms with Gasteiger partial charge in [0.2, 0.25) is 5.91 Å². The Morgan fingerprint density at radius 2 is 1.56 bits per heavy atom. The highest BCUT2D eigenvalue weighted by atomic mass is 32.2. The molecule has 1 amide bonds. The second kappa shape index (κ2) is 10.3. The minimum atomic E-state index is 0.0383.